The third-order valence-electron chi connectivity index (χ3n) is 4.10. The second kappa shape index (κ2) is 5.11. The molecule has 0 spiro atoms. The van der Waals surface area contributed by atoms with Crippen LogP contribution < -0.4 is 0 Å². The summed E-state index contributed by atoms with van der Waals surface area (Å²) in [5.74, 6) is -0.0924. The molecule has 1 amide bonds. The van der Waals surface area contributed by atoms with E-state index in [9.17, 15) is 9.90 Å². The Morgan fingerprint density at radius 1 is 1.45 bits per heavy atom. The molecule has 1 N–H and O–H groups in total. The molecule has 2 aromatic rings. The molecule has 0 unspecified atom stereocenters. The number of halogens is 1. The van der Waals surface area contributed by atoms with Crippen LogP contribution >= 0.6 is 11.6 Å². The van der Waals surface area contributed by atoms with Gasteiger partial charge in [0.05, 0.1) is 17.7 Å². The van der Waals surface area contributed by atoms with E-state index in [0.717, 1.165) is 23.7 Å². The summed E-state index contributed by atoms with van der Waals surface area (Å²) in [7, 11) is 1.85. The minimum Gasteiger partial charge on any atom is -0.394 e. The number of carbonyl (C=O) groups is 1. The van der Waals surface area contributed by atoms with Crippen molar-refractivity contribution in [2.24, 2.45) is 7.05 Å². The fraction of sp³-hybridized carbons (Fsp3) is 0.400. The first-order valence-electron chi connectivity index (χ1n) is 6.80. The molecule has 1 aliphatic heterocycles. The van der Waals surface area contributed by atoms with Gasteiger partial charge in [-0.2, -0.15) is 0 Å². The third-order valence-corrected chi connectivity index (χ3v) is 4.48. The number of hydrogen-bond acceptors (Lipinski definition) is 2. The zero-order chi connectivity index (χ0) is 14.3. The molecule has 4 nitrogen and oxygen atoms in total. The van der Waals surface area contributed by atoms with Crippen LogP contribution in [0.15, 0.2) is 24.3 Å². The zero-order valence-electron chi connectivity index (χ0n) is 11.3. The Labute approximate surface area is 122 Å². The van der Waals surface area contributed by atoms with Gasteiger partial charge in [0.15, 0.2) is 0 Å². The van der Waals surface area contributed by atoms with E-state index in [1.807, 2.05) is 35.9 Å². The Hall–Kier alpha value is -1.52. The van der Waals surface area contributed by atoms with Crippen LogP contribution in [0.4, 0.5) is 0 Å². The molecule has 0 radical (unpaired) electrons. The molecule has 1 atom stereocenters. The molecular weight excluding hydrogens is 276 g/mol. The molecule has 1 aliphatic rings. The maximum absolute atomic E-state index is 12.7. The van der Waals surface area contributed by atoms with E-state index in [4.69, 9.17) is 11.6 Å². The molecule has 0 bridgehead atoms. The van der Waals surface area contributed by atoms with E-state index in [1.54, 1.807) is 4.90 Å². The highest BCUT2D eigenvalue weighted by Gasteiger charge is 2.32. The summed E-state index contributed by atoms with van der Waals surface area (Å²) >= 11 is 6.40. The molecule has 20 heavy (non-hydrogen) atoms. The number of hydrogen-bond donors (Lipinski definition) is 1. The van der Waals surface area contributed by atoms with Gasteiger partial charge in [-0.3, -0.25) is 4.79 Å². The van der Waals surface area contributed by atoms with Gasteiger partial charge in [-0.15, -0.1) is 0 Å². The quantitative estimate of drug-likeness (QED) is 0.924. The lowest BCUT2D eigenvalue weighted by Gasteiger charge is -2.23. The molecule has 1 saturated heterocycles. The number of amides is 1. The lowest BCUT2D eigenvalue weighted by atomic mass is 10.2. The first-order chi connectivity index (χ1) is 9.65. The lowest BCUT2D eigenvalue weighted by Crippen LogP contribution is -2.38. The van der Waals surface area contributed by atoms with Crippen LogP contribution in [0.5, 0.6) is 0 Å². The van der Waals surface area contributed by atoms with E-state index in [-0.39, 0.29) is 18.6 Å². The van der Waals surface area contributed by atoms with Crippen molar-refractivity contribution < 1.29 is 9.90 Å². The molecule has 3 rings (SSSR count). The van der Waals surface area contributed by atoms with Crippen LogP contribution in [0.3, 0.4) is 0 Å². The summed E-state index contributed by atoms with van der Waals surface area (Å²) in [6, 6.07) is 7.62. The first-order valence-corrected chi connectivity index (χ1v) is 7.17. The second-order valence-electron chi connectivity index (χ2n) is 5.22. The highest BCUT2D eigenvalue weighted by molar-refractivity contribution is 6.38. The van der Waals surface area contributed by atoms with Crippen molar-refractivity contribution in [2.75, 3.05) is 13.2 Å². The minimum absolute atomic E-state index is 0.00724. The Bertz CT molecular complexity index is 626. The van der Waals surface area contributed by atoms with Gasteiger partial charge in [0, 0.05) is 24.5 Å². The number of aryl methyl sites for hydroxylation is 1. The first kappa shape index (κ1) is 13.5. The van der Waals surface area contributed by atoms with Crippen molar-refractivity contribution in [3.63, 3.8) is 0 Å². The van der Waals surface area contributed by atoms with E-state index >= 15 is 0 Å². The number of likely N-dealkylation sites (tertiary alicyclic amines) is 1. The molecule has 5 heteroatoms. The summed E-state index contributed by atoms with van der Waals surface area (Å²) in [6.45, 7) is 0.690. The fourth-order valence-corrected chi connectivity index (χ4v) is 3.38. The van der Waals surface area contributed by atoms with Crippen molar-refractivity contribution >= 4 is 28.4 Å². The van der Waals surface area contributed by atoms with Gasteiger partial charge in [-0.05, 0) is 18.9 Å². The van der Waals surface area contributed by atoms with Crippen molar-refractivity contribution in [1.82, 2.24) is 9.47 Å². The number of benzene rings is 1. The van der Waals surface area contributed by atoms with Crippen molar-refractivity contribution in [3.8, 4) is 0 Å². The third kappa shape index (κ3) is 1.91. The highest BCUT2D eigenvalue weighted by atomic mass is 35.5. The summed E-state index contributed by atoms with van der Waals surface area (Å²) in [5.41, 5.74) is 1.45. The molecule has 0 saturated carbocycles. The van der Waals surface area contributed by atoms with Crippen molar-refractivity contribution in [1.29, 1.82) is 0 Å². The van der Waals surface area contributed by atoms with Crippen molar-refractivity contribution in [2.45, 2.75) is 18.9 Å². The molecule has 106 valence electrons. The van der Waals surface area contributed by atoms with Gasteiger partial charge < -0.3 is 14.6 Å². The largest absolute Gasteiger partial charge is 0.394 e. The Kier molecular flexibility index (Phi) is 3.44. The average molecular weight is 293 g/mol. The SMILES string of the molecule is Cn1c(C(=O)N2CCC[C@@H]2CO)c(Cl)c2ccccc21. The van der Waals surface area contributed by atoms with E-state index in [1.165, 1.54) is 0 Å². The zero-order valence-corrected chi connectivity index (χ0v) is 12.1. The van der Waals surface area contributed by atoms with Gasteiger partial charge in [0.1, 0.15) is 5.69 Å². The number of aromatic nitrogens is 1. The summed E-state index contributed by atoms with van der Waals surface area (Å²) < 4.78 is 1.84. The van der Waals surface area contributed by atoms with E-state index in [0.29, 0.717) is 17.3 Å². The molecule has 0 aliphatic carbocycles. The minimum atomic E-state index is -0.0924. The van der Waals surface area contributed by atoms with Crippen LogP contribution in [-0.4, -0.2) is 39.7 Å². The fourth-order valence-electron chi connectivity index (χ4n) is 3.01. The van der Waals surface area contributed by atoms with Gasteiger partial charge >= 0.3 is 0 Å². The van der Waals surface area contributed by atoms with Crippen molar-refractivity contribution in [3.05, 3.63) is 35.0 Å². The monoisotopic (exact) mass is 292 g/mol. The molecule has 2 heterocycles. The summed E-state index contributed by atoms with van der Waals surface area (Å²) in [6.07, 6.45) is 1.78. The van der Waals surface area contributed by atoms with E-state index < -0.39 is 0 Å². The van der Waals surface area contributed by atoms with Crippen LogP contribution in [0.25, 0.3) is 10.9 Å². The number of aliphatic hydroxyl groups excluding tert-OH is 1. The van der Waals surface area contributed by atoms with Crippen LogP contribution in [0.1, 0.15) is 23.3 Å². The van der Waals surface area contributed by atoms with Gasteiger partial charge in [-0.25, -0.2) is 0 Å². The number of fused-ring (bicyclic) bond motifs is 1. The number of carbonyl (C=O) groups excluding carboxylic acids is 1. The molecule has 1 fully saturated rings. The summed E-state index contributed by atoms with van der Waals surface area (Å²) in [4.78, 5) is 14.5. The van der Waals surface area contributed by atoms with Gasteiger partial charge in [0.25, 0.3) is 5.91 Å². The van der Waals surface area contributed by atoms with Crippen LogP contribution in [0.2, 0.25) is 5.02 Å². The predicted molar refractivity (Wildman–Crippen MR) is 79.1 cm³/mol. The number of aliphatic hydroxyl groups is 1. The number of para-hydroxylation sites is 1. The average Bonchev–Trinajstić information content (AvgIpc) is 3.03. The number of rotatable bonds is 2. The maximum Gasteiger partial charge on any atom is 0.272 e. The Morgan fingerprint density at radius 3 is 2.90 bits per heavy atom. The predicted octanol–water partition coefficient (Wildman–Crippen LogP) is 2.43. The second-order valence-corrected chi connectivity index (χ2v) is 5.59. The topological polar surface area (TPSA) is 45.5 Å². The van der Waals surface area contributed by atoms with Gasteiger partial charge in [-0.1, -0.05) is 29.8 Å². The maximum atomic E-state index is 12.7. The van der Waals surface area contributed by atoms with Gasteiger partial charge in [0.2, 0.25) is 0 Å². The van der Waals surface area contributed by atoms with E-state index in [2.05, 4.69) is 0 Å². The smallest absolute Gasteiger partial charge is 0.272 e. The van der Waals surface area contributed by atoms with Crippen LogP contribution in [0, 0.1) is 0 Å². The number of nitrogens with zero attached hydrogens (tertiary/aromatic N) is 2. The normalized spacial score (nSPS) is 18.9. The molecule has 1 aromatic heterocycles. The summed E-state index contributed by atoms with van der Waals surface area (Å²) in [5, 5.41) is 10.8. The molecule has 1 aromatic carbocycles. The van der Waals surface area contributed by atoms with Crippen LogP contribution in [-0.2, 0) is 7.05 Å². The Balaban J connectivity index is 2.08. The standard InChI is InChI=1S/C15H17ClN2O2/c1-17-12-7-3-2-6-11(12)13(16)14(17)15(20)18-8-4-5-10(18)9-19/h2-3,6-7,10,19H,4-5,8-9H2,1H3/t10-/m1/s1. The Morgan fingerprint density at radius 2 is 2.20 bits per heavy atom. The molecular formula is C15H17ClN2O2. The lowest BCUT2D eigenvalue weighted by molar-refractivity contribution is 0.0669. The highest BCUT2D eigenvalue weighted by Crippen LogP contribution is 2.32.